The minimum Gasteiger partial charge on any atom is -0.396 e. The van der Waals surface area contributed by atoms with E-state index in [9.17, 15) is 5.11 Å². The molecule has 1 rings (SSSR count). The number of aromatic nitrogens is 2. The van der Waals surface area contributed by atoms with Crippen molar-refractivity contribution in [2.45, 2.75) is 47.0 Å². The lowest BCUT2D eigenvalue weighted by atomic mass is 9.89. The molecule has 18 heavy (non-hydrogen) atoms. The first-order valence-electron chi connectivity index (χ1n) is 6.66. The summed E-state index contributed by atoms with van der Waals surface area (Å²) in [4.78, 5) is 8.71. The van der Waals surface area contributed by atoms with E-state index in [2.05, 4.69) is 36.1 Å². The Morgan fingerprint density at radius 2 is 2.06 bits per heavy atom. The van der Waals surface area contributed by atoms with Gasteiger partial charge in [0.15, 0.2) is 0 Å². The van der Waals surface area contributed by atoms with Gasteiger partial charge < -0.3 is 10.4 Å². The van der Waals surface area contributed by atoms with Crippen molar-refractivity contribution in [3.8, 4) is 0 Å². The van der Waals surface area contributed by atoms with Gasteiger partial charge in [-0.2, -0.15) is 0 Å². The number of aryl methyl sites for hydroxylation is 2. The fraction of sp³-hybridized carbons (Fsp3) is 0.714. The number of hydrogen-bond acceptors (Lipinski definition) is 4. The number of nitrogens with one attached hydrogen (secondary N) is 1. The highest BCUT2D eigenvalue weighted by molar-refractivity contribution is 5.35. The quantitative estimate of drug-likeness (QED) is 0.731. The van der Waals surface area contributed by atoms with Crippen molar-refractivity contribution < 1.29 is 5.11 Å². The van der Waals surface area contributed by atoms with Crippen LogP contribution >= 0.6 is 0 Å². The zero-order chi connectivity index (χ0) is 13.6. The summed E-state index contributed by atoms with van der Waals surface area (Å²) in [7, 11) is 0. The molecule has 0 aliphatic heterocycles. The Balaban J connectivity index is 2.42. The van der Waals surface area contributed by atoms with Gasteiger partial charge in [-0.25, -0.2) is 9.97 Å². The molecule has 0 fully saturated rings. The zero-order valence-corrected chi connectivity index (χ0v) is 12.0. The van der Waals surface area contributed by atoms with Crippen LogP contribution in [0.1, 0.15) is 45.1 Å². The van der Waals surface area contributed by atoms with Gasteiger partial charge in [0, 0.05) is 24.9 Å². The second-order valence-corrected chi connectivity index (χ2v) is 5.50. The maximum absolute atomic E-state index is 9.17. The molecule has 0 spiro atoms. The summed E-state index contributed by atoms with van der Waals surface area (Å²) in [5, 5.41) is 12.5. The van der Waals surface area contributed by atoms with Gasteiger partial charge in [0.1, 0.15) is 11.6 Å². The standard InChI is InChI=1S/C14H25N3O/c1-5-12-9-13(17-11(2)16-12)15-8-6-7-14(3,4)10-18/h9,18H,5-8,10H2,1-4H3,(H,15,16,17). The minimum atomic E-state index is 0.0118. The third-order valence-electron chi connectivity index (χ3n) is 3.02. The van der Waals surface area contributed by atoms with Gasteiger partial charge in [-0.1, -0.05) is 20.8 Å². The molecule has 1 aromatic heterocycles. The number of aliphatic hydroxyl groups excluding tert-OH is 1. The summed E-state index contributed by atoms with van der Waals surface area (Å²) >= 11 is 0. The lowest BCUT2D eigenvalue weighted by Gasteiger charge is -2.21. The Kier molecular flexibility index (Phi) is 5.54. The average Bonchev–Trinajstić information content (AvgIpc) is 2.34. The fourth-order valence-electron chi connectivity index (χ4n) is 1.76. The van der Waals surface area contributed by atoms with E-state index < -0.39 is 0 Å². The molecule has 0 aliphatic rings. The zero-order valence-electron chi connectivity index (χ0n) is 12.0. The van der Waals surface area contributed by atoms with Gasteiger partial charge >= 0.3 is 0 Å². The lowest BCUT2D eigenvalue weighted by molar-refractivity contribution is 0.149. The minimum absolute atomic E-state index is 0.0118. The summed E-state index contributed by atoms with van der Waals surface area (Å²) in [6.45, 7) is 9.28. The van der Waals surface area contributed by atoms with Crippen LogP contribution in [0.25, 0.3) is 0 Å². The summed E-state index contributed by atoms with van der Waals surface area (Å²) in [6, 6.07) is 2.00. The molecule has 0 atom stereocenters. The van der Waals surface area contributed by atoms with Crippen molar-refractivity contribution in [1.82, 2.24) is 9.97 Å². The van der Waals surface area contributed by atoms with Crippen LogP contribution in [-0.2, 0) is 6.42 Å². The van der Waals surface area contributed by atoms with E-state index >= 15 is 0 Å². The first-order chi connectivity index (χ1) is 8.46. The maximum Gasteiger partial charge on any atom is 0.129 e. The molecular weight excluding hydrogens is 226 g/mol. The normalized spacial score (nSPS) is 11.6. The fourth-order valence-corrected chi connectivity index (χ4v) is 1.76. The molecule has 4 nitrogen and oxygen atoms in total. The Morgan fingerprint density at radius 3 is 2.67 bits per heavy atom. The van der Waals surface area contributed by atoms with Crippen LogP contribution in [0.2, 0.25) is 0 Å². The summed E-state index contributed by atoms with van der Waals surface area (Å²) < 4.78 is 0. The van der Waals surface area contributed by atoms with Crippen molar-refractivity contribution in [1.29, 1.82) is 0 Å². The van der Waals surface area contributed by atoms with E-state index in [1.165, 1.54) is 0 Å². The Labute approximate surface area is 110 Å². The van der Waals surface area contributed by atoms with Gasteiger partial charge in [0.25, 0.3) is 0 Å². The number of aliphatic hydroxyl groups is 1. The van der Waals surface area contributed by atoms with E-state index in [0.29, 0.717) is 0 Å². The second-order valence-electron chi connectivity index (χ2n) is 5.50. The van der Waals surface area contributed by atoms with Gasteiger partial charge in [-0.15, -0.1) is 0 Å². The molecule has 0 aliphatic carbocycles. The largest absolute Gasteiger partial charge is 0.396 e. The van der Waals surface area contributed by atoms with Crippen molar-refractivity contribution in [2.75, 3.05) is 18.5 Å². The Bertz CT molecular complexity index is 377. The van der Waals surface area contributed by atoms with Crippen molar-refractivity contribution in [3.63, 3.8) is 0 Å². The van der Waals surface area contributed by atoms with Crippen LogP contribution in [0.3, 0.4) is 0 Å². The van der Waals surface area contributed by atoms with Gasteiger partial charge in [0.05, 0.1) is 0 Å². The molecule has 102 valence electrons. The highest BCUT2D eigenvalue weighted by Crippen LogP contribution is 2.20. The number of rotatable bonds is 7. The molecule has 4 heteroatoms. The van der Waals surface area contributed by atoms with Crippen LogP contribution in [0.15, 0.2) is 6.07 Å². The first-order valence-corrected chi connectivity index (χ1v) is 6.66. The molecule has 0 radical (unpaired) electrons. The third-order valence-corrected chi connectivity index (χ3v) is 3.02. The number of anilines is 1. The van der Waals surface area contributed by atoms with Crippen LogP contribution in [0.4, 0.5) is 5.82 Å². The monoisotopic (exact) mass is 251 g/mol. The van der Waals surface area contributed by atoms with E-state index in [0.717, 1.165) is 43.1 Å². The Hall–Kier alpha value is -1.16. The molecule has 2 N–H and O–H groups in total. The topological polar surface area (TPSA) is 58.0 Å². The number of nitrogens with zero attached hydrogens (tertiary/aromatic N) is 2. The molecule has 1 aromatic rings. The summed E-state index contributed by atoms with van der Waals surface area (Å²) in [5.41, 5.74) is 1.08. The lowest BCUT2D eigenvalue weighted by Crippen LogP contribution is -2.18. The molecule has 0 amide bonds. The summed E-state index contributed by atoms with van der Waals surface area (Å²) in [6.07, 6.45) is 2.95. The first kappa shape index (κ1) is 14.9. The van der Waals surface area contributed by atoms with Crippen LogP contribution in [0.5, 0.6) is 0 Å². The summed E-state index contributed by atoms with van der Waals surface area (Å²) in [5.74, 6) is 1.72. The van der Waals surface area contributed by atoms with Gasteiger partial charge in [0.2, 0.25) is 0 Å². The molecule has 0 unspecified atom stereocenters. The van der Waals surface area contributed by atoms with Crippen molar-refractivity contribution in [3.05, 3.63) is 17.6 Å². The molecular formula is C14H25N3O. The van der Waals surface area contributed by atoms with Crippen LogP contribution in [-0.4, -0.2) is 28.2 Å². The molecule has 0 bridgehead atoms. The van der Waals surface area contributed by atoms with E-state index in [4.69, 9.17) is 0 Å². The number of hydrogen-bond donors (Lipinski definition) is 2. The van der Waals surface area contributed by atoms with Crippen LogP contribution in [0, 0.1) is 12.3 Å². The molecule has 0 aromatic carbocycles. The van der Waals surface area contributed by atoms with Crippen LogP contribution < -0.4 is 5.32 Å². The maximum atomic E-state index is 9.17. The predicted molar refractivity (Wildman–Crippen MR) is 74.7 cm³/mol. The molecule has 1 heterocycles. The molecule has 0 saturated carbocycles. The van der Waals surface area contributed by atoms with E-state index in [1.54, 1.807) is 0 Å². The Morgan fingerprint density at radius 1 is 1.33 bits per heavy atom. The van der Waals surface area contributed by atoms with E-state index in [-0.39, 0.29) is 12.0 Å². The third kappa shape index (κ3) is 5.00. The van der Waals surface area contributed by atoms with Crippen molar-refractivity contribution in [2.24, 2.45) is 5.41 Å². The highest BCUT2D eigenvalue weighted by Gasteiger charge is 2.15. The smallest absolute Gasteiger partial charge is 0.129 e. The second kappa shape index (κ2) is 6.69. The van der Waals surface area contributed by atoms with Gasteiger partial charge in [-0.05, 0) is 31.6 Å². The van der Waals surface area contributed by atoms with Crippen molar-refractivity contribution >= 4 is 5.82 Å². The predicted octanol–water partition coefficient (Wildman–Crippen LogP) is 2.56. The van der Waals surface area contributed by atoms with E-state index in [1.807, 2.05) is 13.0 Å². The average molecular weight is 251 g/mol. The SMILES string of the molecule is CCc1cc(NCCCC(C)(C)CO)nc(C)n1. The highest BCUT2D eigenvalue weighted by atomic mass is 16.3. The van der Waals surface area contributed by atoms with Gasteiger partial charge in [-0.3, -0.25) is 0 Å². The molecule has 0 saturated heterocycles.